The molecule has 0 aliphatic heterocycles. The first kappa shape index (κ1) is 30.8. The first-order valence-corrected chi connectivity index (χ1v) is 14.4. The first-order valence-electron chi connectivity index (χ1n) is 12.8. The lowest BCUT2D eigenvalue weighted by atomic mass is 10.0. The Balaban J connectivity index is 3.62. The van der Waals surface area contributed by atoms with Gasteiger partial charge >= 0.3 is 7.60 Å². The molecule has 0 heterocycles. The number of aliphatic hydroxyl groups is 1. The molecule has 186 valence electrons. The Labute approximate surface area is 193 Å². The summed E-state index contributed by atoms with van der Waals surface area (Å²) < 4.78 is 12.1. The van der Waals surface area contributed by atoms with E-state index in [1.54, 1.807) is 0 Å². The van der Waals surface area contributed by atoms with E-state index >= 15 is 0 Å². The number of likely N-dealkylation sites (N-methyl/N-ethyl adjacent to an activating group) is 1. The second kappa shape index (κ2) is 17.3. The maximum atomic E-state index is 11.8. The summed E-state index contributed by atoms with van der Waals surface area (Å²) in [6.07, 6.45) is 24.3. The van der Waals surface area contributed by atoms with Crippen molar-refractivity contribution in [3.63, 3.8) is 0 Å². The number of hydrogen-bond acceptors (Lipinski definition) is 2. The van der Waals surface area contributed by atoms with Gasteiger partial charge in [0.1, 0.15) is 6.54 Å². The lowest BCUT2D eigenvalue weighted by Gasteiger charge is -2.35. The fraction of sp³-hybridized carbons (Fsp3) is 0.920. The number of rotatable bonds is 21. The minimum atomic E-state index is -4.54. The van der Waals surface area contributed by atoms with E-state index in [1.807, 2.05) is 21.1 Å². The van der Waals surface area contributed by atoms with Crippen LogP contribution in [0.3, 0.4) is 0 Å². The highest BCUT2D eigenvalue weighted by Gasteiger charge is 2.48. The van der Waals surface area contributed by atoms with Crippen LogP contribution in [0, 0.1) is 0 Å². The zero-order valence-corrected chi connectivity index (χ0v) is 21.9. The summed E-state index contributed by atoms with van der Waals surface area (Å²) in [5.41, 5.74) is 0. The van der Waals surface area contributed by atoms with Crippen LogP contribution in [0.2, 0.25) is 0 Å². The van der Waals surface area contributed by atoms with Gasteiger partial charge in [-0.05, 0) is 38.5 Å². The summed E-state index contributed by atoms with van der Waals surface area (Å²) in [6, 6.07) is 0. The van der Waals surface area contributed by atoms with Gasteiger partial charge in [-0.2, -0.15) is 0 Å². The smallest absolute Gasteiger partial charge is 0.362 e. The topological polar surface area (TPSA) is 77.8 Å². The van der Waals surface area contributed by atoms with Gasteiger partial charge in [-0.1, -0.05) is 89.7 Å². The molecular formula is C25H53NO4P+. The molecule has 3 N–H and O–H groups in total. The van der Waals surface area contributed by atoms with Crippen molar-refractivity contribution in [3.8, 4) is 0 Å². The molecule has 0 aliphatic carbocycles. The number of unbranched alkanes of at least 4 members (excludes halogenated alkanes) is 14. The summed E-state index contributed by atoms with van der Waals surface area (Å²) in [5.74, 6) is 0. The van der Waals surface area contributed by atoms with Gasteiger partial charge < -0.3 is 19.4 Å². The van der Waals surface area contributed by atoms with E-state index in [0.717, 1.165) is 12.8 Å². The van der Waals surface area contributed by atoms with Crippen molar-refractivity contribution in [2.75, 3.05) is 27.7 Å². The maximum Gasteiger partial charge on any atom is 0.362 e. The molecule has 0 fully saturated rings. The molecule has 0 amide bonds. The Kier molecular flexibility index (Phi) is 17.2. The second-order valence-corrected chi connectivity index (χ2v) is 12.3. The quantitative estimate of drug-likeness (QED) is 0.0761. The van der Waals surface area contributed by atoms with Crippen LogP contribution in [-0.2, 0) is 4.57 Å². The summed E-state index contributed by atoms with van der Waals surface area (Å²) in [4.78, 5) is 19.2. The summed E-state index contributed by atoms with van der Waals surface area (Å²) in [6.45, 7) is 2.32. The van der Waals surface area contributed by atoms with Crippen molar-refractivity contribution < 1.29 is 23.9 Å². The highest BCUT2D eigenvalue weighted by molar-refractivity contribution is 7.53. The van der Waals surface area contributed by atoms with Crippen LogP contribution < -0.4 is 0 Å². The van der Waals surface area contributed by atoms with Crippen LogP contribution in [0.15, 0.2) is 12.2 Å². The molecule has 0 aliphatic rings. The third-order valence-electron chi connectivity index (χ3n) is 5.86. The van der Waals surface area contributed by atoms with Crippen LogP contribution in [0.5, 0.6) is 0 Å². The molecule has 5 nitrogen and oxygen atoms in total. The number of quaternary nitrogens is 1. The molecule has 0 rings (SSSR count). The summed E-state index contributed by atoms with van der Waals surface area (Å²) >= 11 is 0. The zero-order chi connectivity index (χ0) is 23.6. The summed E-state index contributed by atoms with van der Waals surface area (Å²) in [7, 11) is 0.978. The Morgan fingerprint density at radius 1 is 0.710 bits per heavy atom. The number of hydrogen-bond donors (Lipinski definition) is 3. The number of allylic oxidation sites excluding steroid dienone is 2. The lowest BCUT2D eigenvalue weighted by molar-refractivity contribution is -0.875. The van der Waals surface area contributed by atoms with Gasteiger partial charge in [-0.15, -0.1) is 0 Å². The molecule has 0 radical (unpaired) electrons. The van der Waals surface area contributed by atoms with Gasteiger partial charge in [-0.3, -0.25) is 4.57 Å². The van der Waals surface area contributed by atoms with Crippen LogP contribution >= 0.6 is 7.60 Å². The molecule has 0 saturated heterocycles. The van der Waals surface area contributed by atoms with Crippen molar-refractivity contribution in [1.29, 1.82) is 0 Å². The standard InChI is InChI=1S/C25H52NO4P/c1-5-6-7-8-9-10-11-12-13-14-15-16-17-18-19-20-21-22-23-25(27,31(28,29)30)24-26(2,3)4/h11-12,27H,5-10,13-24H2,1-4H3,(H-,28,29,30)/p+1/b12-11-. The molecule has 0 aromatic rings. The van der Waals surface area contributed by atoms with E-state index in [-0.39, 0.29) is 13.0 Å². The average molecular weight is 463 g/mol. The SMILES string of the molecule is CCCCCCC/C=C\CCCCCCCCCCCC(O)(C[N+](C)(C)C)P(=O)(O)O. The highest BCUT2D eigenvalue weighted by Crippen LogP contribution is 2.52. The van der Waals surface area contributed by atoms with E-state index in [1.165, 1.54) is 83.5 Å². The largest absolute Gasteiger partial charge is 0.373 e. The Morgan fingerprint density at radius 3 is 1.48 bits per heavy atom. The Bertz CT molecular complexity index is 498. The Hall–Kier alpha value is -0.190. The fourth-order valence-corrected chi connectivity index (χ4v) is 5.14. The third kappa shape index (κ3) is 18.0. The molecule has 0 aromatic heterocycles. The fourth-order valence-electron chi connectivity index (χ4n) is 4.09. The maximum absolute atomic E-state index is 11.8. The van der Waals surface area contributed by atoms with Crippen molar-refractivity contribution in [1.82, 2.24) is 0 Å². The molecule has 1 unspecified atom stereocenters. The van der Waals surface area contributed by atoms with E-state index in [2.05, 4.69) is 19.1 Å². The van der Waals surface area contributed by atoms with Crippen LogP contribution in [-0.4, -0.2) is 52.4 Å². The lowest BCUT2D eigenvalue weighted by Crippen LogP contribution is -2.49. The monoisotopic (exact) mass is 462 g/mol. The molecule has 6 heteroatoms. The van der Waals surface area contributed by atoms with Crippen LogP contribution in [0.25, 0.3) is 0 Å². The van der Waals surface area contributed by atoms with Gasteiger partial charge in [0.25, 0.3) is 0 Å². The van der Waals surface area contributed by atoms with E-state index in [9.17, 15) is 19.5 Å². The normalized spacial score (nSPS) is 14.9. The molecule has 31 heavy (non-hydrogen) atoms. The van der Waals surface area contributed by atoms with Crippen molar-refractivity contribution in [2.24, 2.45) is 0 Å². The predicted octanol–water partition coefficient (Wildman–Crippen LogP) is 6.77. The average Bonchev–Trinajstić information content (AvgIpc) is 2.65. The van der Waals surface area contributed by atoms with Crippen molar-refractivity contribution in [3.05, 3.63) is 12.2 Å². The highest BCUT2D eigenvalue weighted by atomic mass is 31.2. The number of nitrogens with zero attached hydrogens (tertiary/aromatic N) is 1. The molecular weight excluding hydrogens is 409 g/mol. The first-order chi connectivity index (χ1) is 14.5. The van der Waals surface area contributed by atoms with E-state index in [0.29, 0.717) is 10.9 Å². The summed E-state index contributed by atoms with van der Waals surface area (Å²) in [5, 5.41) is 8.63. The minimum absolute atomic E-state index is 0.0609. The van der Waals surface area contributed by atoms with Crippen molar-refractivity contribution >= 4 is 7.60 Å². The minimum Gasteiger partial charge on any atom is -0.373 e. The van der Waals surface area contributed by atoms with E-state index in [4.69, 9.17) is 0 Å². The molecule has 0 aromatic carbocycles. The van der Waals surface area contributed by atoms with Gasteiger partial charge in [0, 0.05) is 0 Å². The molecule has 0 spiro atoms. The zero-order valence-electron chi connectivity index (χ0n) is 21.0. The third-order valence-corrected chi connectivity index (χ3v) is 7.31. The molecule has 0 bridgehead atoms. The predicted molar refractivity (Wildman–Crippen MR) is 133 cm³/mol. The Morgan fingerprint density at radius 2 is 1.10 bits per heavy atom. The van der Waals surface area contributed by atoms with Crippen molar-refractivity contribution in [2.45, 2.75) is 121 Å². The van der Waals surface area contributed by atoms with Crippen LogP contribution in [0.1, 0.15) is 116 Å². The van der Waals surface area contributed by atoms with Gasteiger partial charge in [-0.25, -0.2) is 0 Å². The van der Waals surface area contributed by atoms with Gasteiger partial charge in [0.2, 0.25) is 5.34 Å². The van der Waals surface area contributed by atoms with Crippen LogP contribution in [0.4, 0.5) is 0 Å². The van der Waals surface area contributed by atoms with Gasteiger partial charge in [0.05, 0.1) is 21.1 Å². The van der Waals surface area contributed by atoms with Gasteiger partial charge in [0.15, 0.2) is 0 Å². The molecule has 0 saturated carbocycles. The molecule has 1 atom stereocenters. The van der Waals surface area contributed by atoms with E-state index < -0.39 is 12.9 Å². The second-order valence-electron chi connectivity index (χ2n) is 10.4.